The summed E-state index contributed by atoms with van der Waals surface area (Å²) < 4.78 is 32.8. The van der Waals surface area contributed by atoms with Crippen LogP contribution in [0.5, 0.6) is 5.75 Å². The highest BCUT2D eigenvalue weighted by molar-refractivity contribution is 5.92. The third-order valence-corrected chi connectivity index (χ3v) is 4.07. The van der Waals surface area contributed by atoms with Crippen molar-refractivity contribution in [1.29, 1.82) is 0 Å². The lowest BCUT2D eigenvalue weighted by Gasteiger charge is -2.18. The number of fused-ring (bicyclic) bond motifs is 1. The van der Waals surface area contributed by atoms with E-state index in [0.717, 1.165) is 10.8 Å². The summed E-state index contributed by atoms with van der Waals surface area (Å²) in [5.74, 6) is -2.02. The molecule has 3 rings (SSSR count). The summed E-state index contributed by atoms with van der Waals surface area (Å²) in [5.41, 5.74) is 5.04. The van der Waals surface area contributed by atoms with Crippen LogP contribution in [-0.4, -0.2) is 19.6 Å². The molecule has 2 N–H and O–H groups in total. The molecule has 0 radical (unpaired) electrons. The normalized spacial score (nSPS) is 24.4. The van der Waals surface area contributed by atoms with Crippen LogP contribution in [0.1, 0.15) is 12.0 Å². The summed E-state index contributed by atoms with van der Waals surface area (Å²) >= 11 is 0. The number of nitrogens with two attached hydrogens (primary N) is 1. The Labute approximate surface area is 110 Å². The van der Waals surface area contributed by atoms with Crippen LogP contribution < -0.4 is 10.5 Å². The van der Waals surface area contributed by atoms with Crippen LogP contribution in [0.3, 0.4) is 0 Å². The zero-order chi connectivity index (χ0) is 13.7. The van der Waals surface area contributed by atoms with Gasteiger partial charge < -0.3 is 10.5 Å². The van der Waals surface area contributed by atoms with Gasteiger partial charge in [0.1, 0.15) is 5.75 Å². The second-order valence-corrected chi connectivity index (χ2v) is 5.03. The highest BCUT2D eigenvalue weighted by Gasteiger charge is 2.71. The number of methoxy groups -OCH3 is 1. The van der Waals surface area contributed by atoms with Crippen LogP contribution in [0.25, 0.3) is 10.8 Å². The van der Waals surface area contributed by atoms with Gasteiger partial charge in [-0.2, -0.15) is 0 Å². The molecule has 2 aromatic carbocycles. The SMILES string of the molecule is COc1ccc(C2(CN)CC2(F)F)c2ccccc12. The average molecular weight is 263 g/mol. The summed E-state index contributed by atoms with van der Waals surface area (Å²) in [6.45, 7) is -0.0453. The van der Waals surface area contributed by atoms with Crippen LogP contribution in [0, 0.1) is 0 Å². The van der Waals surface area contributed by atoms with E-state index in [4.69, 9.17) is 10.5 Å². The molecule has 1 atom stereocenters. The molecule has 100 valence electrons. The molecule has 0 aliphatic heterocycles. The van der Waals surface area contributed by atoms with Gasteiger partial charge in [0.15, 0.2) is 0 Å². The fourth-order valence-electron chi connectivity index (χ4n) is 2.83. The van der Waals surface area contributed by atoms with E-state index in [1.807, 2.05) is 24.3 Å². The van der Waals surface area contributed by atoms with E-state index in [1.54, 1.807) is 19.2 Å². The minimum atomic E-state index is -2.71. The molecule has 0 heterocycles. The number of halogens is 2. The van der Waals surface area contributed by atoms with Gasteiger partial charge in [0.2, 0.25) is 0 Å². The first-order valence-corrected chi connectivity index (χ1v) is 6.20. The lowest BCUT2D eigenvalue weighted by molar-refractivity contribution is 0.0899. The van der Waals surface area contributed by atoms with E-state index in [2.05, 4.69) is 0 Å². The van der Waals surface area contributed by atoms with Crippen molar-refractivity contribution in [3.8, 4) is 5.75 Å². The van der Waals surface area contributed by atoms with Crippen LogP contribution in [0.4, 0.5) is 8.78 Å². The minimum absolute atomic E-state index is 0.0453. The Balaban J connectivity index is 2.27. The molecule has 4 heteroatoms. The largest absolute Gasteiger partial charge is 0.496 e. The number of rotatable bonds is 3. The topological polar surface area (TPSA) is 35.2 Å². The Morgan fingerprint density at radius 1 is 1.16 bits per heavy atom. The maximum atomic E-state index is 13.7. The van der Waals surface area contributed by atoms with E-state index in [-0.39, 0.29) is 13.0 Å². The summed E-state index contributed by atoms with van der Waals surface area (Å²) in [7, 11) is 1.58. The van der Waals surface area contributed by atoms with Crippen molar-refractivity contribution in [2.24, 2.45) is 5.73 Å². The molecule has 1 unspecified atom stereocenters. The molecule has 0 saturated heterocycles. The Bertz CT molecular complexity index is 641. The fraction of sp³-hybridized carbons (Fsp3) is 0.333. The van der Waals surface area contributed by atoms with E-state index in [1.165, 1.54) is 0 Å². The van der Waals surface area contributed by atoms with Gasteiger partial charge in [-0.15, -0.1) is 0 Å². The first kappa shape index (κ1) is 12.4. The van der Waals surface area contributed by atoms with Crippen molar-refractivity contribution >= 4 is 10.8 Å². The van der Waals surface area contributed by atoms with Crippen LogP contribution in [0.2, 0.25) is 0 Å². The lowest BCUT2D eigenvalue weighted by Crippen LogP contribution is -2.27. The van der Waals surface area contributed by atoms with E-state index in [9.17, 15) is 8.78 Å². The van der Waals surface area contributed by atoms with Gasteiger partial charge in [-0.3, -0.25) is 0 Å². The van der Waals surface area contributed by atoms with E-state index < -0.39 is 11.3 Å². The van der Waals surface area contributed by atoms with Crippen molar-refractivity contribution in [3.63, 3.8) is 0 Å². The molecule has 19 heavy (non-hydrogen) atoms. The predicted molar refractivity (Wildman–Crippen MR) is 70.8 cm³/mol. The summed E-state index contributed by atoms with van der Waals surface area (Å²) in [4.78, 5) is 0. The van der Waals surface area contributed by atoms with Crippen molar-refractivity contribution in [1.82, 2.24) is 0 Å². The van der Waals surface area contributed by atoms with Crippen molar-refractivity contribution in [2.75, 3.05) is 13.7 Å². The fourth-order valence-corrected chi connectivity index (χ4v) is 2.83. The van der Waals surface area contributed by atoms with Gasteiger partial charge in [-0.1, -0.05) is 30.3 Å². The van der Waals surface area contributed by atoms with Gasteiger partial charge in [-0.05, 0) is 17.0 Å². The number of alkyl halides is 2. The van der Waals surface area contributed by atoms with E-state index in [0.29, 0.717) is 11.3 Å². The van der Waals surface area contributed by atoms with Crippen molar-refractivity contribution < 1.29 is 13.5 Å². The summed E-state index contributed by atoms with van der Waals surface area (Å²) in [5, 5.41) is 1.64. The summed E-state index contributed by atoms with van der Waals surface area (Å²) in [6, 6.07) is 10.9. The first-order valence-electron chi connectivity index (χ1n) is 6.20. The Morgan fingerprint density at radius 2 is 1.79 bits per heavy atom. The zero-order valence-corrected chi connectivity index (χ0v) is 10.6. The highest BCUT2D eigenvalue weighted by Crippen LogP contribution is 2.62. The lowest BCUT2D eigenvalue weighted by atomic mass is 9.90. The molecule has 0 aromatic heterocycles. The quantitative estimate of drug-likeness (QED) is 0.923. The molecule has 1 aliphatic rings. The van der Waals surface area contributed by atoms with E-state index >= 15 is 0 Å². The van der Waals surface area contributed by atoms with Gasteiger partial charge >= 0.3 is 0 Å². The van der Waals surface area contributed by atoms with Gasteiger partial charge in [-0.25, -0.2) is 8.78 Å². The second kappa shape index (κ2) is 3.90. The number of hydrogen-bond acceptors (Lipinski definition) is 2. The van der Waals surface area contributed by atoms with Crippen LogP contribution in [-0.2, 0) is 5.41 Å². The Morgan fingerprint density at radius 3 is 2.32 bits per heavy atom. The minimum Gasteiger partial charge on any atom is -0.496 e. The molecule has 0 amide bonds. The van der Waals surface area contributed by atoms with Gasteiger partial charge in [0.05, 0.1) is 12.5 Å². The van der Waals surface area contributed by atoms with Crippen LogP contribution >= 0.6 is 0 Å². The molecule has 1 aliphatic carbocycles. The van der Waals surface area contributed by atoms with Gasteiger partial charge in [0.25, 0.3) is 5.92 Å². The van der Waals surface area contributed by atoms with Crippen molar-refractivity contribution in [2.45, 2.75) is 17.8 Å². The average Bonchev–Trinajstić information content (AvgIpc) is 3.00. The van der Waals surface area contributed by atoms with Crippen molar-refractivity contribution in [3.05, 3.63) is 42.0 Å². The standard InChI is InChI=1S/C15H15F2NO/c1-19-13-7-6-12(10-4-2-3-5-11(10)13)14(9-18)8-15(14,16)17/h2-7H,8-9,18H2,1H3. The molecule has 1 fully saturated rings. The third-order valence-electron chi connectivity index (χ3n) is 4.07. The Hall–Kier alpha value is -1.68. The molecule has 0 bridgehead atoms. The second-order valence-electron chi connectivity index (χ2n) is 5.03. The zero-order valence-electron chi connectivity index (χ0n) is 10.6. The molecular weight excluding hydrogens is 248 g/mol. The Kier molecular flexibility index (Phi) is 2.54. The summed E-state index contributed by atoms with van der Waals surface area (Å²) in [6.07, 6.45) is -0.174. The monoisotopic (exact) mass is 263 g/mol. The third kappa shape index (κ3) is 1.56. The predicted octanol–water partition coefficient (Wildman–Crippen LogP) is 3.08. The first-order chi connectivity index (χ1) is 9.05. The number of hydrogen-bond donors (Lipinski definition) is 1. The maximum absolute atomic E-state index is 13.7. The molecule has 2 aromatic rings. The highest BCUT2D eigenvalue weighted by atomic mass is 19.3. The van der Waals surface area contributed by atoms with Gasteiger partial charge in [0, 0.05) is 18.4 Å². The number of ether oxygens (including phenoxy) is 1. The molecular formula is C15H15F2NO. The maximum Gasteiger partial charge on any atom is 0.260 e. The molecule has 2 nitrogen and oxygen atoms in total. The smallest absolute Gasteiger partial charge is 0.260 e. The molecule has 0 spiro atoms. The number of benzene rings is 2. The molecule has 1 saturated carbocycles. The van der Waals surface area contributed by atoms with Crippen LogP contribution in [0.15, 0.2) is 36.4 Å².